The molecule has 4 aromatic rings. The molecule has 23 heavy (non-hydrogen) atoms. The molecule has 0 bridgehead atoms. The summed E-state index contributed by atoms with van der Waals surface area (Å²) in [6.07, 6.45) is 1.86. The number of benzene rings is 2. The molecule has 5 rings (SSSR count). The number of para-hydroxylation sites is 2. The highest BCUT2D eigenvalue weighted by Gasteiger charge is 2.13. The third-order valence-electron chi connectivity index (χ3n) is 3.84. The van der Waals surface area contributed by atoms with Gasteiger partial charge in [0.25, 0.3) is 5.56 Å². The van der Waals surface area contributed by atoms with Crippen molar-refractivity contribution in [3.8, 4) is 11.5 Å². The van der Waals surface area contributed by atoms with E-state index in [4.69, 9.17) is 9.47 Å². The first-order valence-corrected chi connectivity index (χ1v) is 7.93. The molecule has 1 aliphatic rings. The second kappa shape index (κ2) is 4.57. The Kier molecular flexibility index (Phi) is 2.51. The zero-order valence-corrected chi connectivity index (χ0v) is 12.7. The van der Waals surface area contributed by atoms with Crippen LogP contribution in [0.1, 0.15) is 5.56 Å². The summed E-state index contributed by atoms with van der Waals surface area (Å²) in [6.45, 7) is 0.240. The SMILES string of the molecule is O=c1/c(=C\c2ccc3c(c2)OCO3)sc2nc3ccccc3n12. The van der Waals surface area contributed by atoms with Crippen LogP contribution in [0, 0.1) is 0 Å². The molecule has 0 amide bonds. The Labute approximate surface area is 134 Å². The van der Waals surface area contributed by atoms with Gasteiger partial charge in [0.2, 0.25) is 6.79 Å². The molecule has 3 heterocycles. The van der Waals surface area contributed by atoms with Gasteiger partial charge in [-0.15, -0.1) is 0 Å². The third-order valence-corrected chi connectivity index (χ3v) is 4.81. The topological polar surface area (TPSA) is 52.8 Å². The van der Waals surface area contributed by atoms with E-state index in [1.54, 1.807) is 4.40 Å². The van der Waals surface area contributed by atoms with Gasteiger partial charge in [0, 0.05) is 0 Å². The minimum Gasteiger partial charge on any atom is -0.454 e. The van der Waals surface area contributed by atoms with E-state index in [1.165, 1.54) is 11.3 Å². The molecule has 0 atom stereocenters. The van der Waals surface area contributed by atoms with E-state index in [1.807, 2.05) is 48.5 Å². The van der Waals surface area contributed by atoms with Gasteiger partial charge in [0.1, 0.15) is 0 Å². The zero-order chi connectivity index (χ0) is 15.4. The van der Waals surface area contributed by atoms with Gasteiger partial charge in [-0.05, 0) is 35.9 Å². The van der Waals surface area contributed by atoms with Gasteiger partial charge in [-0.2, -0.15) is 0 Å². The van der Waals surface area contributed by atoms with Gasteiger partial charge in [0.15, 0.2) is 16.5 Å². The van der Waals surface area contributed by atoms with Gasteiger partial charge >= 0.3 is 0 Å². The number of rotatable bonds is 1. The van der Waals surface area contributed by atoms with Gasteiger partial charge in [-0.25, -0.2) is 9.38 Å². The molecule has 0 radical (unpaired) electrons. The molecule has 2 aromatic carbocycles. The predicted molar refractivity (Wildman–Crippen MR) is 88.2 cm³/mol. The van der Waals surface area contributed by atoms with Crippen molar-refractivity contribution < 1.29 is 9.47 Å². The molecule has 0 N–H and O–H groups in total. The van der Waals surface area contributed by atoms with Crippen LogP contribution in [0.2, 0.25) is 0 Å². The van der Waals surface area contributed by atoms with Crippen LogP contribution in [0.3, 0.4) is 0 Å². The fourth-order valence-electron chi connectivity index (χ4n) is 2.77. The summed E-state index contributed by atoms with van der Waals surface area (Å²) >= 11 is 1.39. The number of thiazole rings is 1. The minimum absolute atomic E-state index is 0.0450. The van der Waals surface area contributed by atoms with Crippen LogP contribution >= 0.6 is 11.3 Å². The maximum atomic E-state index is 12.7. The van der Waals surface area contributed by atoms with Crippen molar-refractivity contribution in [1.29, 1.82) is 0 Å². The summed E-state index contributed by atoms with van der Waals surface area (Å²) in [5.41, 5.74) is 2.54. The van der Waals surface area contributed by atoms with Crippen molar-refractivity contribution in [2.24, 2.45) is 0 Å². The molecule has 0 unspecified atom stereocenters. The molecular weight excluding hydrogens is 312 g/mol. The summed E-state index contributed by atoms with van der Waals surface area (Å²) in [5.74, 6) is 1.44. The summed E-state index contributed by atoms with van der Waals surface area (Å²) in [4.78, 5) is 17.9. The van der Waals surface area contributed by atoms with Crippen LogP contribution in [0.5, 0.6) is 11.5 Å². The highest BCUT2D eigenvalue weighted by atomic mass is 32.1. The summed E-state index contributed by atoms with van der Waals surface area (Å²) in [7, 11) is 0. The van der Waals surface area contributed by atoms with E-state index >= 15 is 0 Å². The summed E-state index contributed by atoms with van der Waals surface area (Å²) < 4.78 is 13.0. The number of fused-ring (bicyclic) bond motifs is 4. The van der Waals surface area contributed by atoms with Crippen molar-refractivity contribution in [2.75, 3.05) is 6.79 Å². The van der Waals surface area contributed by atoms with Crippen LogP contribution in [-0.4, -0.2) is 16.2 Å². The standard InChI is InChI=1S/C17H10N2O3S/c20-16-15(8-10-5-6-13-14(7-10)22-9-21-13)23-17-18-11-3-1-2-4-12(11)19(16)17/h1-8H,9H2/b15-8+. The summed E-state index contributed by atoms with van der Waals surface area (Å²) in [5, 5.41) is 0. The molecule has 1 aliphatic heterocycles. The van der Waals surface area contributed by atoms with Gasteiger partial charge in [0.05, 0.1) is 15.6 Å². The molecule has 0 saturated heterocycles. The number of nitrogens with zero attached hydrogens (tertiary/aromatic N) is 2. The maximum Gasteiger partial charge on any atom is 0.274 e. The lowest BCUT2D eigenvalue weighted by Gasteiger charge is -1.96. The zero-order valence-electron chi connectivity index (χ0n) is 11.9. The van der Waals surface area contributed by atoms with E-state index in [-0.39, 0.29) is 12.4 Å². The maximum absolute atomic E-state index is 12.7. The Morgan fingerprint density at radius 2 is 2.00 bits per heavy atom. The predicted octanol–water partition coefficient (Wildman–Crippen LogP) is 2.19. The van der Waals surface area contributed by atoms with Crippen LogP contribution in [-0.2, 0) is 0 Å². The first kappa shape index (κ1) is 12.7. The molecule has 5 nitrogen and oxygen atoms in total. The van der Waals surface area contributed by atoms with Crippen LogP contribution in [0.4, 0.5) is 0 Å². The quantitative estimate of drug-likeness (QED) is 0.539. The molecule has 112 valence electrons. The second-order valence-corrected chi connectivity index (χ2v) is 6.26. The average Bonchev–Trinajstić information content (AvgIpc) is 3.23. The van der Waals surface area contributed by atoms with E-state index in [9.17, 15) is 4.79 Å². The normalized spacial score (nSPS) is 14.2. The highest BCUT2D eigenvalue weighted by Crippen LogP contribution is 2.32. The molecule has 0 aliphatic carbocycles. The molecule has 0 saturated carbocycles. The lowest BCUT2D eigenvalue weighted by Crippen LogP contribution is -2.22. The fourth-order valence-corrected chi connectivity index (χ4v) is 3.75. The molecule has 6 heteroatoms. The Balaban J connectivity index is 1.74. The Morgan fingerprint density at radius 3 is 2.96 bits per heavy atom. The van der Waals surface area contributed by atoms with Crippen LogP contribution in [0.25, 0.3) is 22.1 Å². The first-order valence-electron chi connectivity index (χ1n) is 7.11. The van der Waals surface area contributed by atoms with Crippen molar-refractivity contribution in [1.82, 2.24) is 9.38 Å². The smallest absolute Gasteiger partial charge is 0.274 e. The van der Waals surface area contributed by atoms with E-state index < -0.39 is 0 Å². The van der Waals surface area contributed by atoms with Gasteiger partial charge in [-0.3, -0.25) is 4.79 Å². The van der Waals surface area contributed by atoms with Gasteiger partial charge < -0.3 is 9.47 Å². The Bertz CT molecular complexity index is 1180. The number of aromatic nitrogens is 2. The first-order chi connectivity index (χ1) is 11.3. The van der Waals surface area contributed by atoms with Crippen molar-refractivity contribution in [3.63, 3.8) is 0 Å². The number of imidazole rings is 1. The third kappa shape index (κ3) is 1.85. The van der Waals surface area contributed by atoms with Gasteiger partial charge in [-0.1, -0.05) is 29.5 Å². The monoisotopic (exact) mass is 322 g/mol. The Hall–Kier alpha value is -2.86. The number of ether oxygens (including phenoxy) is 2. The lowest BCUT2D eigenvalue weighted by molar-refractivity contribution is 0.174. The highest BCUT2D eigenvalue weighted by molar-refractivity contribution is 7.15. The van der Waals surface area contributed by atoms with Crippen molar-refractivity contribution >= 4 is 33.4 Å². The average molecular weight is 322 g/mol. The van der Waals surface area contributed by atoms with E-state index in [2.05, 4.69) is 4.98 Å². The summed E-state index contributed by atoms with van der Waals surface area (Å²) in [6, 6.07) is 13.3. The molecule has 0 fully saturated rings. The number of hydrogen-bond acceptors (Lipinski definition) is 5. The number of hydrogen-bond donors (Lipinski definition) is 0. The fraction of sp³-hybridized carbons (Fsp3) is 0.0588. The van der Waals surface area contributed by atoms with Crippen LogP contribution < -0.4 is 19.6 Å². The van der Waals surface area contributed by atoms with Crippen molar-refractivity contribution in [2.45, 2.75) is 0 Å². The molecule has 0 spiro atoms. The molecule has 2 aromatic heterocycles. The van der Waals surface area contributed by atoms with E-state index in [0.29, 0.717) is 15.2 Å². The van der Waals surface area contributed by atoms with Crippen molar-refractivity contribution in [3.05, 3.63) is 62.9 Å². The lowest BCUT2D eigenvalue weighted by atomic mass is 10.2. The largest absolute Gasteiger partial charge is 0.454 e. The van der Waals surface area contributed by atoms with E-state index in [0.717, 1.165) is 22.3 Å². The van der Waals surface area contributed by atoms with Crippen LogP contribution in [0.15, 0.2) is 47.3 Å². The molecular formula is C17H10N2O3S. The second-order valence-electron chi connectivity index (χ2n) is 5.25. The Morgan fingerprint density at radius 1 is 1.13 bits per heavy atom. The minimum atomic E-state index is -0.0450.